The number of fused-ring (bicyclic) bond motifs is 1. The third-order valence-corrected chi connectivity index (χ3v) is 2.47. The molecule has 0 N–H and O–H groups in total. The van der Waals surface area contributed by atoms with Crippen LogP contribution < -0.4 is 0 Å². The van der Waals surface area contributed by atoms with Crippen LogP contribution in [-0.2, 0) is 19.5 Å². The molecule has 1 heterocycles. The summed E-state index contributed by atoms with van der Waals surface area (Å²) < 4.78 is 0. The zero-order chi connectivity index (χ0) is 8.72. The zero-order valence-electron chi connectivity index (χ0n) is 7.78. The Kier molecular flexibility index (Phi) is 3.25. The van der Waals surface area contributed by atoms with Gasteiger partial charge in [0.1, 0.15) is 6.04 Å². The van der Waals surface area contributed by atoms with Crippen LogP contribution in [0.2, 0.25) is 0 Å². The SMILES string of the molecule is CC1=C(C)C2=NC(S)=NC2C=C1.[Zn]. The summed E-state index contributed by atoms with van der Waals surface area (Å²) in [5.74, 6) is 0. The molecule has 0 aromatic rings. The minimum atomic E-state index is 0. The average Bonchev–Trinajstić information content (AvgIpc) is 2.39. The molecular weight excluding hydrogens is 234 g/mol. The van der Waals surface area contributed by atoms with Crippen molar-refractivity contribution in [1.82, 2.24) is 0 Å². The van der Waals surface area contributed by atoms with Crippen LogP contribution in [0, 0.1) is 0 Å². The number of hydrogen-bond donors (Lipinski definition) is 1. The molecule has 2 aliphatic rings. The van der Waals surface area contributed by atoms with Gasteiger partial charge < -0.3 is 0 Å². The summed E-state index contributed by atoms with van der Waals surface area (Å²) in [5, 5.41) is 0.591. The standard InChI is InChI=1S/C9H10N2S.Zn/c1-5-3-4-7-8(6(5)2)11-9(12)10-7;/h3-4,7H,1-2H3,(H,10,12);. The first-order chi connectivity index (χ1) is 5.68. The van der Waals surface area contributed by atoms with Crippen LogP contribution in [0.1, 0.15) is 13.8 Å². The van der Waals surface area contributed by atoms with E-state index in [2.05, 4.69) is 48.6 Å². The fourth-order valence-electron chi connectivity index (χ4n) is 1.39. The molecule has 4 heteroatoms. The molecule has 0 aromatic carbocycles. The molecule has 0 amide bonds. The zero-order valence-corrected chi connectivity index (χ0v) is 11.6. The molecule has 0 saturated heterocycles. The quantitative estimate of drug-likeness (QED) is 0.497. The predicted molar refractivity (Wildman–Crippen MR) is 55.2 cm³/mol. The van der Waals surface area contributed by atoms with Gasteiger partial charge in [-0.25, -0.2) is 9.98 Å². The number of aliphatic imine (C=N–C) groups is 2. The van der Waals surface area contributed by atoms with Crippen LogP contribution in [0.25, 0.3) is 0 Å². The second kappa shape index (κ2) is 3.89. The molecule has 0 radical (unpaired) electrons. The fourth-order valence-corrected chi connectivity index (χ4v) is 1.62. The maximum absolute atomic E-state index is 4.26. The molecular formula is C9H10N2SZn. The molecule has 1 unspecified atom stereocenters. The molecule has 64 valence electrons. The molecule has 0 bridgehead atoms. The summed E-state index contributed by atoms with van der Waals surface area (Å²) in [4.78, 5) is 8.52. The fraction of sp³-hybridized carbons (Fsp3) is 0.333. The molecule has 1 aliphatic heterocycles. The van der Waals surface area contributed by atoms with E-state index in [1.807, 2.05) is 0 Å². The van der Waals surface area contributed by atoms with Gasteiger partial charge in [-0.05, 0) is 25.0 Å². The van der Waals surface area contributed by atoms with Crippen molar-refractivity contribution in [2.45, 2.75) is 19.9 Å². The van der Waals surface area contributed by atoms with Gasteiger partial charge in [0.05, 0.1) is 5.71 Å². The van der Waals surface area contributed by atoms with Gasteiger partial charge in [-0.3, -0.25) is 0 Å². The molecule has 0 aromatic heterocycles. The van der Waals surface area contributed by atoms with E-state index >= 15 is 0 Å². The van der Waals surface area contributed by atoms with Gasteiger partial charge in [0.25, 0.3) is 0 Å². The van der Waals surface area contributed by atoms with Crippen molar-refractivity contribution in [2.75, 3.05) is 0 Å². The Hall–Kier alpha value is -0.207. The van der Waals surface area contributed by atoms with Crippen molar-refractivity contribution in [2.24, 2.45) is 9.98 Å². The summed E-state index contributed by atoms with van der Waals surface area (Å²) in [6, 6.07) is 0.126. The Labute approximate surface area is 96.1 Å². The van der Waals surface area contributed by atoms with Crippen LogP contribution in [-0.4, -0.2) is 16.9 Å². The van der Waals surface area contributed by atoms with Gasteiger partial charge in [0.15, 0.2) is 5.17 Å². The first kappa shape index (κ1) is 10.9. The second-order valence-electron chi connectivity index (χ2n) is 3.04. The van der Waals surface area contributed by atoms with Crippen molar-refractivity contribution in [1.29, 1.82) is 0 Å². The van der Waals surface area contributed by atoms with Gasteiger partial charge in [-0.2, -0.15) is 0 Å². The minimum absolute atomic E-state index is 0. The number of amidine groups is 1. The summed E-state index contributed by atoms with van der Waals surface area (Å²) in [7, 11) is 0. The number of hydrogen-bond acceptors (Lipinski definition) is 2. The van der Waals surface area contributed by atoms with Crippen molar-refractivity contribution in [3.63, 3.8) is 0 Å². The molecule has 0 spiro atoms. The Morgan fingerprint density at radius 3 is 2.77 bits per heavy atom. The van der Waals surface area contributed by atoms with Crippen molar-refractivity contribution >= 4 is 23.5 Å². The summed E-state index contributed by atoms with van der Waals surface area (Å²) in [6.45, 7) is 4.16. The Bertz CT molecular complexity index is 353. The first-order valence-electron chi connectivity index (χ1n) is 3.90. The maximum Gasteiger partial charge on any atom is 0.181 e. The number of thiol groups is 1. The van der Waals surface area contributed by atoms with Crippen LogP contribution in [0.3, 0.4) is 0 Å². The summed E-state index contributed by atoms with van der Waals surface area (Å²) >= 11 is 4.12. The molecule has 1 atom stereocenters. The monoisotopic (exact) mass is 242 g/mol. The second-order valence-corrected chi connectivity index (χ2v) is 3.44. The molecule has 0 fully saturated rings. The molecule has 13 heavy (non-hydrogen) atoms. The van der Waals surface area contributed by atoms with Gasteiger partial charge in [-0.15, -0.1) is 12.6 Å². The third kappa shape index (κ3) is 1.84. The smallest absolute Gasteiger partial charge is 0.181 e. The van der Waals surface area contributed by atoms with Crippen molar-refractivity contribution in [3.05, 3.63) is 23.3 Å². The van der Waals surface area contributed by atoms with Crippen LogP contribution in [0.15, 0.2) is 33.3 Å². The van der Waals surface area contributed by atoms with E-state index in [9.17, 15) is 0 Å². The topological polar surface area (TPSA) is 24.7 Å². The van der Waals surface area contributed by atoms with Gasteiger partial charge in [-0.1, -0.05) is 12.2 Å². The molecule has 0 saturated carbocycles. The number of allylic oxidation sites excluding steroid dienone is 2. The van der Waals surface area contributed by atoms with E-state index in [1.165, 1.54) is 11.1 Å². The summed E-state index contributed by atoms with van der Waals surface area (Å²) in [5.41, 5.74) is 3.55. The van der Waals surface area contributed by atoms with Crippen molar-refractivity contribution < 1.29 is 19.5 Å². The van der Waals surface area contributed by atoms with E-state index in [0.29, 0.717) is 5.17 Å². The molecule has 1 aliphatic carbocycles. The third-order valence-electron chi connectivity index (χ3n) is 2.26. The summed E-state index contributed by atoms with van der Waals surface area (Å²) in [6.07, 6.45) is 4.15. The van der Waals surface area contributed by atoms with Crippen LogP contribution >= 0.6 is 12.6 Å². The van der Waals surface area contributed by atoms with E-state index in [4.69, 9.17) is 0 Å². The molecule has 2 nitrogen and oxygen atoms in total. The minimum Gasteiger partial charge on any atom is -0.247 e. The number of rotatable bonds is 0. The van der Waals surface area contributed by atoms with E-state index < -0.39 is 0 Å². The van der Waals surface area contributed by atoms with E-state index in [-0.39, 0.29) is 25.5 Å². The van der Waals surface area contributed by atoms with Gasteiger partial charge >= 0.3 is 0 Å². The largest absolute Gasteiger partial charge is 0.247 e. The van der Waals surface area contributed by atoms with Gasteiger partial charge in [0.2, 0.25) is 0 Å². The van der Waals surface area contributed by atoms with Crippen LogP contribution in [0.5, 0.6) is 0 Å². The molecule has 2 rings (SSSR count). The Balaban J connectivity index is 0.000000845. The van der Waals surface area contributed by atoms with Crippen molar-refractivity contribution in [3.8, 4) is 0 Å². The normalized spacial score (nSPS) is 25.0. The Morgan fingerprint density at radius 1 is 1.38 bits per heavy atom. The average molecular weight is 244 g/mol. The van der Waals surface area contributed by atoms with Crippen LogP contribution in [0.4, 0.5) is 0 Å². The number of nitrogens with zero attached hydrogens (tertiary/aromatic N) is 2. The first-order valence-corrected chi connectivity index (χ1v) is 4.34. The predicted octanol–water partition coefficient (Wildman–Crippen LogP) is 2.00. The van der Waals surface area contributed by atoms with E-state index in [0.717, 1.165) is 5.71 Å². The maximum atomic E-state index is 4.26. The Morgan fingerprint density at radius 2 is 2.08 bits per heavy atom. The van der Waals surface area contributed by atoms with Gasteiger partial charge in [0, 0.05) is 19.5 Å². The van der Waals surface area contributed by atoms with E-state index in [1.54, 1.807) is 0 Å².